The van der Waals surface area contributed by atoms with E-state index in [2.05, 4.69) is 4.98 Å². The fourth-order valence-electron chi connectivity index (χ4n) is 2.93. The summed E-state index contributed by atoms with van der Waals surface area (Å²) in [6.45, 7) is -0.406. The third kappa shape index (κ3) is 4.06. The van der Waals surface area contributed by atoms with Crippen LogP contribution in [0.1, 0.15) is 11.3 Å². The number of nitriles is 1. The number of benzene rings is 1. The van der Waals surface area contributed by atoms with Gasteiger partial charge in [-0.25, -0.2) is 26.6 Å². The zero-order valence-corrected chi connectivity index (χ0v) is 17.3. The van der Waals surface area contributed by atoms with Crippen LogP contribution in [0, 0.1) is 17.1 Å². The summed E-state index contributed by atoms with van der Waals surface area (Å²) in [5.74, 6) is -0.691. The molecule has 3 aromatic rings. The van der Waals surface area contributed by atoms with Crippen molar-refractivity contribution in [1.82, 2.24) is 13.9 Å². The maximum Gasteiger partial charge on any atom is 0.407 e. The van der Waals surface area contributed by atoms with Crippen LogP contribution in [0.3, 0.4) is 0 Å². The molecule has 31 heavy (non-hydrogen) atoms. The number of halogens is 1. The van der Waals surface area contributed by atoms with E-state index in [9.17, 15) is 18.5 Å². The van der Waals surface area contributed by atoms with Crippen molar-refractivity contribution in [3.8, 4) is 23.1 Å². The molecule has 1 N–H and O–H groups in total. The second-order valence-electron chi connectivity index (χ2n) is 6.45. The molecular weight excluding hydrogens is 427 g/mol. The van der Waals surface area contributed by atoms with Gasteiger partial charge < -0.3 is 14.7 Å². The van der Waals surface area contributed by atoms with Gasteiger partial charge in [0.2, 0.25) is 0 Å². The van der Waals surface area contributed by atoms with Gasteiger partial charge in [0.1, 0.15) is 23.2 Å². The van der Waals surface area contributed by atoms with Gasteiger partial charge in [0, 0.05) is 36.6 Å². The van der Waals surface area contributed by atoms with Gasteiger partial charge in [0.25, 0.3) is 10.0 Å². The van der Waals surface area contributed by atoms with E-state index in [0.717, 1.165) is 11.1 Å². The number of ether oxygens (including phenoxy) is 1. The molecule has 0 atom stereocenters. The van der Waals surface area contributed by atoms with Crippen molar-refractivity contribution >= 4 is 16.1 Å². The van der Waals surface area contributed by atoms with Gasteiger partial charge >= 0.3 is 6.09 Å². The first-order valence-electron chi connectivity index (χ1n) is 8.79. The number of pyridine rings is 1. The van der Waals surface area contributed by atoms with Crippen LogP contribution in [0.4, 0.5) is 9.18 Å². The van der Waals surface area contributed by atoms with Crippen LogP contribution < -0.4 is 4.74 Å². The average Bonchev–Trinajstić information content (AvgIpc) is 3.10. The lowest BCUT2D eigenvalue weighted by Gasteiger charge is -2.12. The summed E-state index contributed by atoms with van der Waals surface area (Å²) in [6, 6.07) is 10.2. The molecular formula is C20H17FN4O5S. The maximum atomic E-state index is 15.4. The van der Waals surface area contributed by atoms with Crippen LogP contribution in [-0.4, -0.2) is 47.6 Å². The van der Waals surface area contributed by atoms with Gasteiger partial charge in [0.05, 0.1) is 18.6 Å². The van der Waals surface area contributed by atoms with Crippen LogP contribution in [0.5, 0.6) is 5.75 Å². The fourth-order valence-corrected chi connectivity index (χ4v) is 4.36. The second kappa shape index (κ2) is 8.45. The summed E-state index contributed by atoms with van der Waals surface area (Å²) in [7, 11) is -1.74. The first kappa shape index (κ1) is 21.8. The number of hydrogen-bond donors (Lipinski definition) is 1. The molecule has 0 saturated heterocycles. The number of carboxylic acid groups (broad SMARTS) is 1. The van der Waals surface area contributed by atoms with E-state index in [1.54, 1.807) is 6.07 Å². The number of carbonyl (C=O) groups is 1. The molecule has 9 nitrogen and oxygen atoms in total. The van der Waals surface area contributed by atoms with Crippen molar-refractivity contribution in [3.05, 3.63) is 65.9 Å². The number of nitrogens with zero attached hydrogens (tertiary/aromatic N) is 4. The fraction of sp³-hybridized carbons (Fsp3) is 0.150. The highest BCUT2D eigenvalue weighted by atomic mass is 32.2. The Labute approximate surface area is 177 Å². The molecule has 2 aromatic heterocycles. The number of hydrogen-bond acceptors (Lipinski definition) is 6. The standard InChI is InChI=1S/C20H17FN4O5S/c1-24(20(26)27)11-13-12-25(31(28,29)15-6-3-5-14(9-15)30-2)19(18(13)21)16-7-4-8-23-17(16)10-22/h3-9,12H,11H2,1-2H3,(H,26,27). The summed E-state index contributed by atoms with van der Waals surface area (Å²) in [5.41, 5.74) is -0.821. The highest BCUT2D eigenvalue weighted by Crippen LogP contribution is 2.33. The molecule has 0 radical (unpaired) electrons. The zero-order valence-electron chi connectivity index (χ0n) is 16.5. The van der Waals surface area contributed by atoms with Crippen molar-refractivity contribution in [3.63, 3.8) is 0 Å². The highest BCUT2D eigenvalue weighted by Gasteiger charge is 2.29. The summed E-state index contributed by atoms with van der Waals surface area (Å²) in [5, 5.41) is 18.5. The van der Waals surface area contributed by atoms with Crippen LogP contribution >= 0.6 is 0 Å². The van der Waals surface area contributed by atoms with E-state index in [-0.39, 0.29) is 27.5 Å². The Hall–Kier alpha value is -3.91. The predicted molar refractivity (Wildman–Crippen MR) is 107 cm³/mol. The topological polar surface area (TPSA) is 126 Å². The minimum Gasteiger partial charge on any atom is -0.497 e. The number of aromatic nitrogens is 2. The van der Waals surface area contributed by atoms with Crippen LogP contribution in [0.15, 0.2) is 53.7 Å². The second-order valence-corrected chi connectivity index (χ2v) is 8.26. The molecule has 0 aliphatic carbocycles. The molecule has 0 spiro atoms. The van der Waals surface area contributed by atoms with Gasteiger partial charge in [-0.15, -0.1) is 0 Å². The summed E-state index contributed by atoms with van der Waals surface area (Å²) < 4.78 is 48.0. The number of amides is 1. The monoisotopic (exact) mass is 444 g/mol. The molecule has 11 heteroatoms. The zero-order chi connectivity index (χ0) is 22.8. The SMILES string of the molecule is COc1cccc(S(=O)(=O)n2cc(CN(C)C(=O)O)c(F)c2-c2cccnc2C#N)c1. The molecule has 1 aromatic carbocycles. The van der Waals surface area contributed by atoms with Crippen molar-refractivity contribution in [1.29, 1.82) is 5.26 Å². The average molecular weight is 444 g/mol. The van der Waals surface area contributed by atoms with E-state index >= 15 is 4.39 Å². The molecule has 2 heterocycles. The molecule has 1 amide bonds. The van der Waals surface area contributed by atoms with E-state index in [4.69, 9.17) is 9.84 Å². The quantitative estimate of drug-likeness (QED) is 0.619. The molecule has 0 unspecified atom stereocenters. The van der Waals surface area contributed by atoms with Gasteiger partial charge in [-0.1, -0.05) is 6.07 Å². The van der Waals surface area contributed by atoms with E-state index in [1.165, 1.54) is 50.7 Å². The molecule has 0 fully saturated rings. The minimum absolute atomic E-state index is 0.0433. The normalized spacial score (nSPS) is 11.0. The van der Waals surface area contributed by atoms with Crippen molar-refractivity contribution in [2.75, 3.05) is 14.2 Å². The largest absolute Gasteiger partial charge is 0.497 e. The van der Waals surface area contributed by atoms with E-state index < -0.39 is 34.2 Å². The molecule has 0 bridgehead atoms. The summed E-state index contributed by atoms with van der Waals surface area (Å²) in [6.07, 6.45) is 1.01. The number of methoxy groups -OCH3 is 1. The lowest BCUT2D eigenvalue weighted by atomic mass is 10.1. The first-order chi connectivity index (χ1) is 14.7. The molecule has 0 aliphatic rings. The maximum absolute atomic E-state index is 15.4. The molecule has 0 aliphatic heterocycles. The predicted octanol–water partition coefficient (Wildman–Crippen LogP) is 2.92. The lowest BCUT2D eigenvalue weighted by molar-refractivity contribution is 0.153. The Morgan fingerprint density at radius 2 is 2.10 bits per heavy atom. The lowest BCUT2D eigenvalue weighted by Crippen LogP contribution is -2.24. The highest BCUT2D eigenvalue weighted by molar-refractivity contribution is 7.90. The summed E-state index contributed by atoms with van der Waals surface area (Å²) in [4.78, 5) is 15.7. The van der Waals surface area contributed by atoms with Gasteiger partial charge in [-0.3, -0.25) is 0 Å². The minimum atomic E-state index is -4.34. The number of rotatable bonds is 6. The Morgan fingerprint density at radius 1 is 1.35 bits per heavy atom. The van der Waals surface area contributed by atoms with Crippen LogP contribution in [-0.2, 0) is 16.6 Å². The Balaban J connectivity index is 2.30. The molecule has 160 valence electrons. The van der Waals surface area contributed by atoms with E-state index in [1.807, 2.05) is 6.07 Å². The van der Waals surface area contributed by atoms with Crippen LogP contribution in [0.25, 0.3) is 11.3 Å². The Morgan fingerprint density at radius 3 is 2.74 bits per heavy atom. The third-order valence-electron chi connectivity index (χ3n) is 4.48. The molecule has 0 saturated carbocycles. The first-order valence-corrected chi connectivity index (χ1v) is 10.2. The van der Waals surface area contributed by atoms with Crippen molar-refractivity contribution in [2.24, 2.45) is 0 Å². The Kier molecular flexibility index (Phi) is 5.94. The van der Waals surface area contributed by atoms with Gasteiger partial charge in [-0.2, -0.15) is 5.26 Å². The van der Waals surface area contributed by atoms with Crippen molar-refractivity contribution < 1.29 is 27.4 Å². The smallest absolute Gasteiger partial charge is 0.407 e. The Bertz CT molecular complexity index is 1300. The van der Waals surface area contributed by atoms with E-state index in [0.29, 0.717) is 3.97 Å². The summed E-state index contributed by atoms with van der Waals surface area (Å²) >= 11 is 0. The third-order valence-corrected chi connectivity index (χ3v) is 6.14. The van der Waals surface area contributed by atoms with Gasteiger partial charge in [0.15, 0.2) is 5.82 Å². The van der Waals surface area contributed by atoms with Crippen molar-refractivity contribution in [2.45, 2.75) is 11.4 Å². The van der Waals surface area contributed by atoms with Crippen LogP contribution in [0.2, 0.25) is 0 Å². The molecule has 3 rings (SSSR count). The van der Waals surface area contributed by atoms with Gasteiger partial charge in [-0.05, 0) is 24.3 Å².